The van der Waals surface area contributed by atoms with E-state index in [1.165, 1.54) is 0 Å². The molecule has 0 heterocycles. The number of hydrogen-bond acceptors (Lipinski definition) is 4. The molecule has 0 aliphatic heterocycles. The zero-order chi connectivity index (χ0) is 11.0. The molecule has 0 aromatic heterocycles. The van der Waals surface area contributed by atoms with Gasteiger partial charge in [-0.1, -0.05) is 18.7 Å². The van der Waals surface area contributed by atoms with E-state index in [2.05, 4.69) is 18.6 Å². The van der Waals surface area contributed by atoms with Crippen LogP contribution in [0, 0.1) is 5.41 Å². The lowest BCUT2D eigenvalue weighted by Gasteiger charge is -2.01. The molecule has 0 amide bonds. The molecule has 4 N–H and O–H groups in total. The number of hydrogen-bond donors (Lipinski definition) is 4. The maximum absolute atomic E-state index is 8.76. The quantitative estimate of drug-likeness (QED) is 0.407. The van der Waals surface area contributed by atoms with Gasteiger partial charge in [-0.2, -0.15) is 0 Å². The highest BCUT2D eigenvalue weighted by molar-refractivity contribution is 6.58. The topological polar surface area (TPSA) is 76.3 Å². The zero-order valence-electron chi connectivity index (χ0n) is 7.77. The molecule has 0 spiro atoms. The summed E-state index contributed by atoms with van der Waals surface area (Å²) in [6.07, 6.45) is 1.56. The van der Waals surface area contributed by atoms with Gasteiger partial charge >= 0.3 is 7.12 Å². The third-order valence-corrected chi connectivity index (χ3v) is 1.48. The molecule has 0 atom stereocenters. The molecule has 1 aromatic carbocycles. The SMILES string of the molecule is C=CNc1ccc(B(O)O)cc1.C=N. The predicted octanol–water partition coefficient (Wildman–Crippen LogP) is 0.188. The van der Waals surface area contributed by atoms with Crippen LogP contribution in [0.4, 0.5) is 5.69 Å². The Morgan fingerprint density at radius 1 is 1.21 bits per heavy atom. The summed E-state index contributed by atoms with van der Waals surface area (Å²) in [4.78, 5) is 0. The van der Waals surface area contributed by atoms with Crippen molar-refractivity contribution < 1.29 is 10.0 Å². The molecule has 0 aliphatic carbocycles. The molecule has 14 heavy (non-hydrogen) atoms. The first-order valence-corrected chi connectivity index (χ1v) is 3.93. The number of rotatable bonds is 3. The van der Waals surface area contributed by atoms with Gasteiger partial charge in [0.2, 0.25) is 0 Å². The molecule has 0 saturated heterocycles. The van der Waals surface area contributed by atoms with Gasteiger partial charge in [-0.15, -0.1) is 0 Å². The third-order valence-electron chi connectivity index (χ3n) is 1.48. The predicted molar refractivity (Wildman–Crippen MR) is 59.9 cm³/mol. The highest BCUT2D eigenvalue weighted by Crippen LogP contribution is 2.03. The third kappa shape index (κ3) is 3.89. The largest absolute Gasteiger partial charge is 0.488 e. The van der Waals surface area contributed by atoms with Crippen molar-refractivity contribution in [3.05, 3.63) is 37.0 Å². The molecule has 0 aliphatic rings. The Kier molecular flexibility index (Phi) is 6.10. The lowest BCUT2D eigenvalue weighted by Crippen LogP contribution is -2.29. The van der Waals surface area contributed by atoms with Crippen LogP contribution in [-0.4, -0.2) is 23.9 Å². The van der Waals surface area contributed by atoms with E-state index in [1.807, 2.05) is 0 Å². The van der Waals surface area contributed by atoms with Crippen LogP contribution in [0.15, 0.2) is 37.0 Å². The second-order valence-corrected chi connectivity index (χ2v) is 2.34. The van der Waals surface area contributed by atoms with Gasteiger partial charge in [-0.25, -0.2) is 0 Å². The van der Waals surface area contributed by atoms with E-state index >= 15 is 0 Å². The van der Waals surface area contributed by atoms with Gasteiger partial charge in [0.15, 0.2) is 0 Å². The molecule has 4 nitrogen and oxygen atoms in total. The lowest BCUT2D eigenvalue weighted by atomic mass is 9.80. The van der Waals surface area contributed by atoms with Gasteiger partial charge in [-0.3, -0.25) is 0 Å². The molecule has 0 saturated carbocycles. The van der Waals surface area contributed by atoms with Crippen LogP contribution < -0.4 is 10.8 Å². The van der Waals surface area contributed by atoms with Gasteiger partial charge in [0.25, 0.3) is 0 Å². The molecule has 0 radical (unpaired) electrons. The van der Waals surface area contributed by atoms with E-state index in [0.717, 1.165) is 5.69 Å². The molecular formula is C9H13BN2O2. The van der Waals surface area contributed by atoms with Gasteiger partial charge in [0, 0.05) is 5.69 Å². The van der Waals surface area contributed by atoms with E-state index in [0.29, 0.717) is 5.46 Å². The lowest BCUT2D eigenvalue weighted by molar-refractivity contribution is 0.426. The summed E-state index contributed by atoms with van der Waals surface area (Å²) >= 11 is 0. The van der Waals surface area contributed by atoms with Crippen LogP contribution in [0.5, 0.6) is 0 Å². The Morgan fingerprint density at radius 3 is 2.07 bits per heavy atom. The minimum atomic E-state index is -1.40. The fourth-order valence-electron chi connectivity index (χ4n) is 0.869. The van der Waals surface area contributed by atoms with Crippen molar-refractivity contribution in [3.63, 3.8) is 0 Å². The zero-order valence-corrected chi connectivity index (χ0v) is 7.77. The Morgan fingerprint density at radius 2 is 1.71 bits per heavy atom. The van der Waals surface area contributed by atoms with Gasteiger partial charge < -0.3 is 20.8 Å². The van der Waals surface area contributed by atoms with Crippen molar-refractivity contribution in [2.24, 2.45) is 0 Å². The van der Waals surface area contributed by atoms with Crippen LogP contribution in [0.1, 0.15) is 0 Å². The van der Waals surface area contributed by atoms with Crippen LogP contribution >= 0.6 is 0 Å². The van der Waals surface area contributed by atoms with Crippen molar-refractivity contribution >= 4 is 25.0 Å². The summed E-state index contributed by atoms with van der Waals surface area (Å²) in [6.45, 7) is 6.00. The average molecular weight is 192 g/mol. The second kappa shape index (κ2) is 6.88. The van der Waals surface area contributed by atoms with Gasteiger partial charge in [-0.05, 0) is 30.5 Å². The summed E-state index contributed by atoms with van der Waals surface area (Å²) < 4.78 is 0. The fraction of sp³-hybridized carbons (Fsp3) is 0. The van der Waals surface area contributed by atoms with E-state index in [9.17, 15) is 0 Å². The monoisotopic (exact) mass is 192 g/mol. The van der Waals surface area contributed by atoms with Crippen molar-refractivity contribution in [1.82, 2.24) is 0 Å². The first-order chi connectivity index (χ1) is 6.74. The smallest absolute Gasteiger partial charge is 0.423 e. The summed E-state index contributed by atoms with van der Waals surface area (Å²) in [5.74, 6) is 0. The van der Waals surface area contributed by atoms with Crippen LogP contribution in [0.3, 0.4) is 0 Å². The molecule has 1 rings (SSSR count). The maximum atomic E-state index is 8.76. The number of nitrogens with one attached hydrogen (secondary N) is 2. The Hall–Kier alpha value is -1.59. The van der Waals surface area contributed by atoms with E-state index in [1.54, 1.807) is 30.5 Å². The molecule has 0 fully saturated rings. The normalized spacial score (nSPS) is 8.14. The van der Waals surface area contributed by atoms with Crippen LogP contribution in [0.2, 0.25) is 0 Å². The minimum Gasteiger partial charge on any atom is -0.423 e. The van der Waals surface area contributed by atoms with E-state index in [-0.39, 0.29) is 0 Å². The first kappa shape index (κ1) is 12.4. The summed E-state index contributed by atoms with van der Waals surface area (Å²) in [7, 11) is -1.40. The maximum Gasteiger partial charge on any atom is 0.488 e. The minimum absolute atomic E-state index is 0.476. The van der Waals surface area contributed by atoms with Crippen LogP contribution in [0.25, 0.3) is 0 Å². The fourth-order valence-corrected chi connectivity index (χ4v) is 0.869. The summed E-state index contributed by atoms with van der Waals surface area (Å²) in [6, 6.07) is 6.76. The van der Waals surface area contributed by atoms with E-state index < -0.39 is 7.12 Å². The molecular weight excluding hydrogens is 179 g/mol. The van der Waals surface area contributed by atoms with Crippen molar-refractivity contribution in [2.45, 2.75) is 0 Å². The van der Waals surface area contributed by atoms with Crippen molar-refractivity contribution in [1.29, 1.82) is 5.41 Å². The molecule has 0 unspecified atom stereocenters. The Bertz CT molecular complexity index is 275. The Balaban J connectivity index is 0.000000791. The summed E-state index contributed by atoms with van der Waals surface area (Å²) in [5.41, 5.74) is 1.35. The highest BCUT2D eigenvalue weighted by Gasteiger charge is 2.08. The standard InChI is InChI=1S/C8H10BNO2.CH3N/c1-2-10-8-5-3-7(4-6-8)9(11)12;1-2/h2-6,10-12H,1H2;2H,1H2. The molecule has 5 heteroatoms. The van der Waals surface area contributed by atoms with E-state index in [4.69, 9.17) is 15.5 Å². The number of anilines is 1. The number of benzene rings is 1. The van der Waals surface area contributed by atoms with Gasteiger partial charge in [0.1, 0.15) is 0 Å². The highest BCUT2D eigenvalue weighted by atomic mass is 16.4. The molecule has 74 valence electrons. The average Bonchev–Trinajstić information content (AvgIpc) is 2.22. The second-order valence-electron chi connectivity index (χ2n) is 2.34. The van der Waals surface area contributed by atoms with Crippen molar-refractivity contribution in [3.8, 4) is 0 Å². The molecule has 1 aromatic rings. The Labute approximate surface area is 83.6 Å². The van der Waals surface area contributed by atoms with Gasteiger partial charge in [0.05, 0.1) is 0 Å². The summed E-state index contributed by atoms with van der Waals surface area (Å²) in [5, 5.41) is 25.9. The molecule has 0 bridgehead atoms. The van der Waals surface area contributed by atoms with Crippen molar-refractivity contribution in [2.75, 3.05) is 5.32 Å². The first-order valence-electron chi connectivity index (χ1n) is 3.93. The van der Waals surface area contributed by atoms with Crippen LogP contribution in [-0.2, 0) is 0 Å².